The van der Waals surface area contributed by atoms with Crippen LogP contribution in [0.25, 0.3) is 0 Å². The fourth-order valence-corrected chi connectivity index (χ4v) is 2.85. The number of nitrogens with one attached hydrogen (secondary N) is 1. The Hall–Kier alpha value is -2.86. The number of aryl methyl sites for hydroxylation is 3. The van der Waals surface area contributed by atoms with Crippen molar-refractivity contribution in [2.45, 2.75) is 20.8 Å². The third-order valence-electron chi connectivity index (χ3n) is 4.28. The molecule has 0 radical (unpaired) electrons. The molecule has 0 aliphatic rings. The molecule has 0 saturated carbocycles. The zero-order chi connectivity index (χ0) is 20.7. The van der Waals surface area contributed by atoms with Crippen LogP contribution in [0.5, 0.6) is 5.75 Å². The van der Waals surface area contributed by atoms with E-state index in [0.29, 0.717) is 24.4 Å². The van der Waals surface area contributed by atoms with Gasteiger partial charge in [-0.1, -0.05) is 12.1 Å². The number of rotatable bonds is 8. The molecule has 6 heteroatoms. The van der Waals surface area contributed by atoms with E-state index in [0.717, 1.165) is 22.4 Å². The number of methoxy groups -OCH3 is 1. The zero-order valence-corrected chi connectivity index (χ0v) is 17.2. The van der Waals surface area contributed by atoms with Crippen LogP contribution in [-0.2, 0) is 9.53 Å². The Morgan fingerprint density at radius 1 is 1.04 bits per heavy atom. The summed E-state index contributed by atoms with van der Waals surface area (Å²) in [7, 11) is 3.19. The largest absolute Gasteiger partial charge is 0.492 e. The number of amides is 1. The molecule has 6 nitrogen and oxygen atoms in total. The van der Waals surface area contributed by atoms with Gasteiger partial charge in [0.1, 0.15) is 12.4 Å². The van der Waals surface area contributed by atoms with Crippen LogP contribution in [0.2, 0.25) is 0 Å². The van der Waals surface area contributed by atoms with Gasteiger partial charge in [0.25, 0.3) is 0 Å². The number of nitrogens with zero attached hydrogens (tertiary/aromatic N) is 1. The summed E-state index contributed by atoms with van der Waals surface area (Å²) in [5.74, 6) is 0.251. The number of anilines is 1. The SMILES string of the molecule is COC(=O)c1ccc(C)c(NC(=O)CN(C)CCOc2cc(C)cc(C)c2)c1. The van der Waals surface area contributed by atoms with E-state index in [1.165, 1.54) is 7.11 Å². The van der Waals surface area contributed by atoms with Crippen LogP contribution < -0.4 is 10.1 Å². The average molecular weight is 384 g/mol. The first-order valence-corrected chi connectivity index (χ1v) is 9.17. The molecule has 1 amide bonds. The molecule has 0 aliphatic heterocycles. The highest BCUT2D eigenvalue weighted by atomic mass is 16.5. The second kappa shape index (κ2) is 9.90. The Morgan fingerprint density at radius 2 is 1.71 bits per heavy atom. The van der Waals surface area contributed by atoms with Gasteiger partial charge in [0.2, 0.25) is 5.91 Å². The summed E-state index contributed by atoms with van der Waals surface area (Å²) in [5, 5.41) is 2.85. The molecule has 0 heterocycles. The van der Waals surface area contributed by atoms with Gasteiger partial charge in [-0.25, -0.2) is 4.79 Å². The summed E-state index contributed by atoms with van der Waals surface area (Å²) in [5.41, 5.74) is 4.20. The fraction of sp³-hybridized carbons (Fsp3) is 0.364. The van der Waals surface area contributed by atoms with E-state index in [9.17, 15) is 9.59 Å². The van der Waals surface area contributed by atoms with Crippen LogP contribution in [0.4, 0.5) is 5.69 Å². The minimum atomic E-state index is -0.434. The summed E-state index contributed by atoms with van der Waals surface area (Å²) < 4.78 is 10.5. The summed E-state index contributed by atoms with van der Waals surface area (Å²) in [6.07, 6.45) is 0. The standard InChI is InChI=1S/C22H28N2O4/c1-15-10-16(2)12-19(11-15)28-9-8-24(4)14-21(25)23-20-13-18(22(26)27-5)7-6-17(20)3/h6-7,10-13H,8-9,14H2,1-5H3,(H,23,25). The number of likely N-dealkylation sites (N-methyl/N-ethyl adjacent to an activating group) is 1. The smallest absolute Gasteiger partial charge is 0.337 e. The third-order valence-corrected chi connectivity index (χ3v) is 4.28. The van der Waals surface area contributed by atoms with Gasteiger partial charge < -0.3 is 14.8 Å². The van der Waals surface area contributed by atoms with E-state index in [1.54, 1.807) is 18.2 Å². The Kier molecular flexibility index (Phi) is 7.58. The monoisotopic (exact) mass is 384 g/mol. The van der Waals surface area contributed by atoms with Crippen molar-refractivity contribution in [1.82, 2.24) is 4.90 Å². The van der Waals surface area contributed by atoms with E-state index < -0.39 is 5.97 Å². The molecule has 0 aromatic heterocycles. The predicted octanol–water partition coefficient (Wildman–Crippen LogP) is 3.35. The van der Waals surface area contributed by atoms with Crippen molar-refractivity contribution in [3.05, 3.63) is 58.7 Å². The number of hydrogen-bond donors (Lipinski definition) is 1. The molecule has 1 N–H and O–H groups in total. The van der Waals surface area contributed by atoms with Crippen molar-refractivity contribution in [3.63, 3.8) is 0 Å². The number of carbonyl (C=O) groups is 2. The van der Waals surface area contributed by atoms with Crippen molar-refractivity contribution >= 4 is 17.6 Å². The minimum absolute atomic E-state index is 0.154. The van der Waals surface area contributed by atoms with E-state index in [2.05, 4.69) is 11.4 Å². The quantitative estimate of drug-likeness (QED) is 0.707. The van der Waals surface area contributed by atoms with Gasteiger partial charge in [0.05, 0.1) is 19.2 Å². The number of ether oxygens (including phenoxy) is 2. The van der Waals surface area contributed by atoms with Crippen LogP contribution >= 0.6 is 0 Å². The molecule has 0 atom stereocenters. The molecular formula is C22H28N2O4. The van der Waals surface area contributed by atoms with E-state index >= 15 is 0 Å². The lowest BCUT2D eigenvalue weighted by molar-refractivity contribution is -0.117. The Bertz CT molecular complexity index is 828. The number of benzene rings is 2. The highest BCUT2D eigenvalue weighted by Gasteiger charge is 2.12. The van der Waals surface area contributed by atoms with Crippen molar-refractivity contribution in [2.75, 3.05) is 39.2 Å². The number of hydrogen-bond acceptors (Lipinski definition) is 5. The Balaban J connectivity index is 1.84. The second-order valence-corrected chi connectivity index (χ2v) is 6.98. The van der Waals surface area contributed by atoms with Crippen molar-refractivity contribution in [2.24, 2.45) is 0 Å². The molecule has 0 fully saturated rings. The van der Waals surface area contributed by atoms with E-state index in [-0.39, 0.29) is 12.5 Å². The molecule has 0 bridgehead atoms. The molecule has 0 unspecified atom stereocenters. The number of carbonyl (C=O) groups excluding carboxylic acids is 2. The first-order valence-electron chi connectivity index (χ1n) is 9.17. The van der Waals surface area contributed by atoms with Gasteiger partial charge in [-0.3, -0.25) is 9.69 Å². The molecule has 2 aromatic rings. The fourth-order valence-electron chi connectivity index (χ4n) is 2.85. The zero-order valence-electron chi connectivity index (χ0n) is 17.2. The van der Waals surface area contributed by atoms with Gasteiger partial charge in [-0.15, -0.1) is 0 Å². The lowest BCUT2D eigenvalue weighted by Gasteiger charge is -2.17. The maximum absolute atomic E-state index is 12.3. The topological polar surface area (TPSA) is 67.9 Å². The Morgan fingerprint density at radius 3 is 2.36 bits per heavy atom. The van der Waals surface area contributed by atoms with Crippen molar-refractivity contribution in [1.29, 1.82) is 0 Å². The maximum Gasteiger partial charge on any atom is 0.337 e. The lowest BCUT2D eigenvalue weighted by atomic mass is 10.1. The van der Waals surface area contributed by atoms with Crippen LogP contribution in [0.15, 0.2) is 36.4 Å². The normalized spacial score (nSPS) is 10.6. The number of esters is 1. The Labute approximate surface area is 166 Å². The van der Waals surface area contributed by atoms with Crippen LogP contribution in [0.1, 0.15) is 27.0 Å². The first kappa shape index (κ1) is 21.4. The summed E-state index contributed by atoms with van der Waals surface area (Å²) in [6, 6.07) is 11.2. The highest BCUT2D eigenvalue weighted by Crippen LogP contribution is 2.18. The maximum atomic E-state index is 12.3. The van der Waals surface area contributed by atoms with Gasteiger partial charge in [-0.05, 0) is 68.8 Å². The predicted molar refractivity (Wildman–Crippen MR) is 110 cm³/mol. The lowest BCUT2D eigenvalue weighted by Crippen LogP contribution is -2.33. The van der Waals surface area contributed by atoms with E-state index in [4.69, 9.17) is 9.47 Å². The minimum Gasteiger partial charge on any atom is -0.492 e. The highest BCUT2D eigenvalue weighted by molar-refractivity contribution is 5.96. The molecule has 0 spiro atoms. The average Bonchev–Trinajstić information content (AvgIpc) is 2.62. The van der Waals surface area contributed by atoms with Crippen molar-refractivity contribution in [3.8, 4) is 5.75 Å². The first-order chi connectivity index (χ1) is 13.3. The summed E-state index contributed by atoms with van der Waals surface area (Å²) in [4.78, 5) is 25.9. The third kappa shape index (κ3) is 6.39. The summed E-state index contributed by atoms with van der Waals surface area (Å²) >= 11 is 0. The van der Waals surface area contributed by atoms with Gasteiger partial charge in [-0.2, -0.15) is 0 Å². The molecule has 2 aromatic carbocycles. The van der Waals surface area contributed by atoms with Crippen LogP contribution in [0, 0.1) is 20.8 Å². The van der Waals surface area contributed by atoms with Crippen molar-refractivity contribution < 1.29 is 19.1 Å². The van der Waals surface area contributed by atoms with Crippen LogP contribution in [0.3, 0.4) is 0 Å². The second-order valence-electron chi connectivity index (χ2n) is 6.98. The van der Waals surface area contributed by atoms with Gasteiger partial charge in [0.15, 0.2) is 0 Å². The molecule has 0 saturated heterocycles. The van der Waals surface area contributed by atoms with Gasteiger partial charge in [0, 0.05) is 12.2 Å². The molecule has 0 aliphatic carbocycles. The molecular weight excluding hydrogens is 356 g/mol. The molecule has 2 rings (SSSR count). The van der Waals surface area contributed by atoms with Crippen LogP contribution in [-0.4, -0.2) is 50.6 Å². The van der Waals surface area contributed by atoms with Gasteiger partial charge >= 0.3 is 5.97 Å². The summed E-state index contributed by atoms with van der Waals surface area (Å²) in [6.45, 7) is 7.27. The molecule has 150 valence electrons. The molecule has 28 heavy (non-hydrogen) atoms. The van der Waals surface area contributed by atoms with E-state index in [1.807, 2.05) is 44.9 Å².